The molecule has 110 valence electrons. The number of hydrogen-bond acceptors (Lipinski definition) is 3. The zero-order valence-electron chi connectivity index (χ0n) is 11.6. The van der Waals surface area contributed by atoms with Crippen molar-refractivity contribution >= 4 is 6.09 Å². The summed E-state index contributed by atoms with van der Waals surface area (Å²) in [5, 5.41) is 2.62. The largest absolute Gasteiger partial charge is 0.488 e. The second kappa shape index (κ2) is 5.26. The Morgan fingerprint density at radius 3 is 2.75 bits per heavy atom. The first kappa shape index (κ1) is 14.6. The molecule has 0 bridgehead atoms. The van der Waals surface area contributed by atoms with E-state index in [4.69, 9.17) is 9.47 Å². The van der Waals surface area contributed by atoms with Crippen molar-refractivity contribution in [2.24, 2.45) is 0 Å². The smallest absolute Gasteiger partial charge is 0.408 e. The highest BCUT2D eigenvalue weighted by Gasteiger charge is 2.26. The standard InChI is InChI=1S/C14H17F2NO3/c1-14(2,3)20-13(18)17-10-5-8-4-9(15)6-11(16)12(8)19-7-10/h4,6,10H,5,7H2,1-3H3,(H,17,18)/t10-/m1/s1. The summed E-state index contributed by atoms with van der Waals surface area (Å²) < 4.78 is 37.0. The summed E-state index contributed by atoms with van der Waals surface area (Å²) in [5.74, 6) is -1.34. The van der Waals surface area contributed by atoms with Gasteiger partial charge < -0.3 is 14.8 Å². The SMILES string of the molecule is CC(C)(C)OC(=O)N[C@H]1COc2c(F)cc(F)cc2C1. The van der Waals surface area contributed by atoms with Crippen molar-refractivity contribution in [3.8, 4) is 5.75 Å². The first-order valence-corrected chi connectivity index (χ1v) is 6.35. The Balaban J connectivity index is 2.03. The van der Waals surface area contributed by atoms with Gasteiger partial charge in [0.1, 0.15) is 18.0 Å². The molecule has 0 saturated carbocycles. The predicted molar refractivity (Wildman–Crippen MR) is 68.7 cm³/mol. The summed E-state index contributed by atoms with van der Waals surface area (Å²) in [5.41, 5.74) is -0.203. The maximum Gasteiger partial charge on any atom is 0.408 e. The van der Waals surface area contributed by atoms with Crippen LogP contribution in [0.15, 0.2) is 12.1 Å². The molecule has 0 unspecified atom stereocenters. The van der Waals surface area contributed by atoms with E-state index >= 15 is 0 Å². The number of hydrogen-bond donors (Lipinski definition) is 1. The molecule has 0 fully saturated rings. The van der Waals surface area contributed by atoms with Crippen LogP contribution in [-0.4, -0.2) is 24.3 Å². The van der Waals surface area contributed by atoms with Gasteiger partial charge in [-0.15, -0.1) is 0 Å². The number of rotatable bonds is 1. The number of halogens is 2. The van der Waals surface area contributed by atoms with Gasteiger partial charge in [-0.2, -0.15) is 0 Å². The molecule has 1 amide bonds. The lowest BCUT2D eigenvalue weighted by Crippen LogP contribution is -2.45. The van der Waals surface area contributed by atoms with Crippen molar-refractivity contribution in [1.82, 2.24) is 5.32 Å². The van der Waals surface area contributed by atoms with E-state index < -0.39 is 23.3 Å². The highest BCUT2D eigenvalue weighted by Crippen LogP contribution is 2.29. The summed E-state index contributed by atoms with van der Waals surface area (Å²) in [6.45, 7) is 5.38. The third-order valence-corrected chi connectivity index (χ3v) is 2.70. The molecule has 1 aliphatic heterocycles. The van der Waals surface area contributed by atoms with Gasteiger partial charge in [0.05, 0.1) is 6.04 Å². The second-order valence-corrected chi connectivity index (χ2v) is 5.73. The van der Waals surface area contributed by atoms with Crippen LogP contribution in [0.2, 0.25) is 0 Å². The number of carbonyl (C=O) groups excluding carboxylic acids is 1. The molecule has 1 aliphatic rings. The van der Waals surface area contributed by atoms with Gasteiger partial charge in [-0.1, -0.05) is 0 Å². The highest BCUT2D eigenvalue weighted by molar-refractivity contribution is 5.68. The molecular weight excluding hydrogens is 268 g/mol. The molecule has 4 nitrogen and oxygen atoms in total. The van der Waals surface area contributed by atoms with E-state index in [9.17, 15) is 13.6 Å². The third-order valence-electron chi connectivity index (χ3n) is 2.70. The molecule has 0 radical (unpaired) electrons. The molecule has 2 rings (SSSR count). The maximum atomic E-state index is 13.5. The monoisotopic (exact) mass is 285 g/mol. The van der Waals surface area contributed by atoms with E-state index in [1.807, 2.05) is 0 Å². The molecule has 6 heteroatoms. The minimum Gasteiger partial charge on any atom is -0.488 e. The lowest BCUT2D eigenvalue weighted by atomic mass is 10.0. The van der Waals surface area contributed by atoms with Crippen LogP contribution in [-0.2, 0) is 11.2 Å². The Labute approximate surface area is 116 Å². The molecule has 0 aliphatic carbocycles. The van der Waals surface area contributed by atoms with E-state index in [0.29, 0.717) is 12.0 Å². The van der Waals surface area contributed by atoms with Crippen molar-refractivity contribution in [3.05, 3.63) is 29.3 Å². The van der Waals surface area contributed by atoms with Crippen LogP contribution in [0, 0.1) is 11.6 Å². The first-order chi connectivity index (χ1) is 9.24. The normalized spacial score (nSPS) is 17.9. The fraction of sp³-hybridized carbons (Fsp3) is 0.500. The van der Waals surface area contributed by atoms with Crippen LogP contribution in [0.5, 0.6) is 5.75 Å². The zero-order chi connectivity index (χ0) is 14.9. The van der Waals surface area contributed by atoms with E-state index in [-0.39, 0.29) is 18.4 Å². The van der Waals surface area contributed by atoms with Crippen LogP contribution in [0.25, 0.3) is 0 Å². The van der Waals surface area contributed by atoms with Crippen molar-refractivity contribution in [3.63, 3.8) is 0 Å². The number of carbonyl (C=O) groups is 1. The summed E-state index contributed by atoms with van der Waals surface area (Å²) in [6, 6.07) is 1.61. The van der Waals surface area contributed by atoms with Gasteiger partial charge in [0.25, 0.3) is 0 Å². The zero-order valence-corrected chi connectivity index (χ0v) is 11.6. The fourth-order valence-electron chi connectivity index (χ4n) is 2.00. The van der Waals surface area contributed by atoms with Crippen LogP contribution in [0.4, 0.5) is 13.6 Å². The Kier molecular flexibility index (Phi) is 3.83. The van der Waals surface area contributed by atoms with Gasteiger partial charge in [-0.3, -0.25) is 0 Å². The number of alkyl carbamates (subject to hydrolysis) is 1. The van der Waals surface area contributed by atoms with Gasteiger partial charge in [-0.25, -0.2) is 13.6 Å². The Bertz CT molecular complexity index is 526. The van der Waals surface area contributed by atoms with Gasteiger partial charge in [0.2, 0.25) is 0 Å². The number of ether oxygens (including phenoxy) is 2. The Hall–Kier alpha value is -1.85. The summed E-state index contributed by atoms with van der Waals surface area (Å²) in [6.07, 6.45) is -0.282. The maximum absolute atomic E-state index is 13.5. The minimum atomic E-state index is -0.726. The van der Waals surface area contributed by atoms with Gasteiger partial charge in [-0.05, 0) is 33.3 Å². The third kappa shape index (κ3) is 3.59. The molecule has 1 aromatic carbocycles. The number of benzene rings is 1. The van der Waals surface area contributed by atoms with E-state index in [0.717, 1.165) is 6.07 Å². The average Bonchev–Trinajstić information content (AvgIpc) is 2.24. The molecule has 1 atom stereocenters. The fourth-order valence-corrected chi connectivity index (χ4v) is 2.00. The van der Waals surface area contributed by atoms with Crippen molar-refractivity contribution in [2.45, 2.75) is 38.8 Å². The van der Waals surface area contributed by atoms with Gasteiger partial charge in [0, 0.05) is 11.6 Å². The quantitative estimate of drug-likeness (QED) is 0.863. The van der Waals surface area contributed by atoms with E-state index in [1.165, 1.54) is 6.07 Å². The Morgan fingerprint density at radius 2 is 2.10 bits per heavy atom. The highest BCUT2D eigenvalue weighted by atomic mass is 19.1. The number of fused-ring (bicyclic) bond motifs is 1. The van der Waals surface area contributed by atoms with Crippen LogP contribution >= 0.6 is 0 Å². The lowest BCUT2D eigenvalue weighted by molar-refractivity contribution is 0.0481. The second-order valence-electron chi connectivity index (χ2n) is 5.73. The average molecular weight is 285 g/mol. The molecule has 1 heterocycles. The molecule has 0 aromatic heterocycles. The topological polar surface area (TPSA) is 47.6 Å². The lowest BCUT2D eigenvalue weighted by Gasteiger charge is -2.27. The van der Waals surface area contributed by atoms with E-state index in [1.54, 1.807) is 20.8 Å². The van der Waals surface area contributed by atoms with Crippen LogP contribution in [0.3, 0.4) is 0 Å². The molecular formula is C14H17F2NO3. The Morgan fingerprint density at radius 1 is 1.40 bits per heavy atom. The molecule has 1 aromatic rings. The van der Waals surface area contributed by atoms with Gasteiger partial charge >= 0.3 is 6.09 Å². The summed E-state index contributed by atoms with van der Waals surface area (Å²) in [4.78, 5) is 11.6. The van der Waals surface area contributed by atoms with Crippen molar-refractivity contribution in [1.29, 1.82) is 0 Å². The molecule has 0 spiro atoms. The van der Waals surface area contributed by atoms with Gasteiger partial charge in [0.15, 0.2) is 11.6 Å². The summed E-state index contributed by atoms with van der Waals surface area (Å²) in [7, 11) is 0. The molecule has 20 heavy (non-hydrogen) atoms. The van der Waals surface area contributed by atoms with Crippen LogP contribution in [0.1, 0.15) is 26.3 Å². The molecule has 1 N–H and O–H groups in total. The number of nitrogens with one attached hydrogen (secondary N) is 1. The summed E-state index contributed by atoms with van der Waals surface area (Å²) >= 11 is 0. The molecule has 0 saturated heterocycles. The van der Waals surface area contributed by atoms with E-state index in [2.05, 4.69) is 5.32 Å². The number of amides is 1. The predicted octanol–water partition coefficient (Wildman–Crippen LogP) is 2.79. The van der Waals surface area contributed by atoms with Crippen molar-refractivity contribution < 1.29 is 23.0 Å². The van der Waals surface area contributed by atoms with Crippen LogP contribution < -0.4 is 10.1 Å². The van der Waals surface area contributed by atoms with Crippen molar-refractivity contribution in [2.75, 3.05) is 6.61 Å². The first-order valence-electron chi connectivity index (χ1n) is 6.35. The minimum absolute atomic E-state index is 0.0497.